The van der Waals surface area contributed by atoms with Gasteiger partial charge in [-0.15, -0.1) is 0 Å². The molecule has 1 rings (SSSR count). The quantitative estimate of drug-likeness (QED) is 0.0540. The maximum absolute atomic E-state index is 2.64. The van der Waals surface area contributed by atoms with E-state index in [-0.39, 0.29) is 0 Å². The Kier molecular flexibility index (Phi) is 30.5. The lowest BCUT2D eigenvalue weighted by molar-refractivity contribution is -0.704. The van der Waals surface area contributed by atoms with Crippen LogP contribution < -0.4 is 4.57 Å². The second-order valence-corrected chi connectivity index (χ2v) is 14.1. The zero-order valence-corrected chi connectivity index (χ0v) is 30.3. The maximum atomic E-state index is 2.64. The van der Waals surface area contributed by atoms with E-state index in [1.807, 2.05) is 0 Å². The summed E-state index contributed by atoms with van der Waals surface area (Å²) in [7, 11) is 0. The minimum atomic E-state index is 1.23. The Balaban J connectivity index is 2.28. The van der Waals surface area contributed by atoms with Crippen LogP contribution in [-0.2, 0) is 19.5 Å². The summed E-state index contributed by atoms with van der Waals surface area (Å²) in [6.45, 7) is 9.41. The molecule has 0 aliphatic heterocycles. The van der Waals surface area contributed by atoms with E-state index < -0.39 is 0 Å². The Bertz CT molecular complexity index is 617. The molecule has 1 aromatic rings. The Morgan fingerprint density at radius 3 is 1.12 bits per heavy atom. The first-order chi connectivity index (χ1) is 21.3. The SMILES string of the molecule is CCCCCCCCCCCCCCn1cc[n+](CCCCCCCCCCCCCC)c1CCCCCCCCCC. The van der Waals surface area contributed by atoms with Gasteiger partial charge in [0.1, 0.15) is 12.4 Å². The number of aromatic nitrogens is 2. The lowest BCUT2D eigenvalue weighted by Crippen LogP contribution is -2.37. The summed E-state index contributed by atoms with van der Waals surface area (Å²) in [6.07, 6.45) is 51.9. The Morgan fingerprint density at radius 1 is 0.395 bits per heavy atom. The molecule has 0 radical (unpaired) electrons. The number of rotatable bonds is 35. The summed E-state index contributed by atoms with van der Waals surface area (Å²) in [5, 5.41) is 0. The van der Waals surface area contributed by atoms with Crippen LogP contribution in [0.25, 0.3) is 0 Å². The molecule has 0 aliphatic carbocycles. The van der Waals surface area contributed by atoms with E-state index in [1.165, 1.54) is 225 Å². The number of hydrogen-bond acceptors (Lipinski definition) is 0. The Hall–Kier alpha value is -0.790. The van der Waals surface area contributed by atoms with E-state index in [1.54, 1.807) is 5.82 Å². The molecular weight excluding hydrogens is 520 g/mol. The first-order valence-corrected chi connectivity index (χ1v) is 20.4. The van der Waals surface area contributed by atoms with Crippen molar-refractivity contribution in [1.29, 1.82) is 0 Å². The van der Waals surface area contributed by atoms with E-state index in [0.29, 0.717) is 0 Å². The minimum Gasteiger partial charge on any atom is -0.234 e. The highest BCUT2D eigenvalue weighted by Gasteiger charge is 2.16. The first kappa shape index (κ1) is 40.2. The topological polar surface area (TPSA) is 8.81 Å². The van der Waals surface area contributed by atoms with Gasteiger partial charge in [-0.2, -0.15) is 0 Å². The van der Waals surface area contributed by atoms with Crippen molar-refractivity contribution in [3.05, 3.63) is 18.2 Å². The lowest BCUT2D eigenvalue weighted by Gasteiger charge is -2.07. The van der Waals surface area contributed by atoms with Gasteiger partial charge in [0.2, 0.25) is 0 Å². The molecule has 0 saturated heterocycles. The van der Waals surface area contributed by atoms with Gasteiger partial charge in [-0.25, -0.2) is 9.13 Å². The summed E-state index contributed by atoms with van der Waals surface area (Å²) in [5.74, 6) is 1.62. The molecule has 1 aromatic heterocycles. The van der Waals surface area contributed by atoms with E-state index in [0.717, 1.165) is 0 Å². The highest BCUT2D eigenvalue weighted by molar-refractivity contribution is 4.84. The van der Waals surface area contributed by atoms with Crippen LogP contribution in [0.4, 0.5) is 0 Å². The summed E-state index contributed by atoms with van der Waals surface area (Å²) in [4.78, 5) is 0. The molecule has 0 unspecified atom stereocenters. The number of hydrogen-bond donors (Lipinski definition) is 0. The monoisotopic (exact) mass is 602 g/mol. The summed E-state index contributed by atoms with van der Waals surface area (Å²) >= 11 is 0. The van der Waals surface area contributed by atoms with Crippen LogP contribution in [0.5, 0.6) is 0 Å². The molecule has 0 atom stereocenters. The molecule has 0 N–H and O–H groups in total. The Morgan fingerprint density at radius 2 is 0.721 bits per heavy atom. The average molecular weight is 602 g/mol. The van der Waals surface area contributed by atoms with Crippen molar-refractivity contribution in [3.63, 3.8) is 0 Å². The molecule has 0 amide bonds. The van der Waals surface area contributed by atoms with Gasteiger partial charge in [0.15, 0.2) is 0 Å². The molecule has 0 saturated carbocycles. The Labute approximate surface area is 272 Å². The van der Waals surface area contributed by atoms with Crippen LogP contribution in [0, 0.1) is 0 Å². The summed E-state index contributed by atoms with van der Waals surface area (Å²) in [6, 6.07) is 0. The van der Waals surface area contributed by atoms with Gasteiger partial charge >= 0.3 is 0 Å². The molecule has 254 valence electrons. The van der Waals surface area contributed by atoms with E-state index >= 15 is 0 Å². The molecule has 1 heterocycles. The maximum Gasteiger partial charge on any atom is 0.256 e. The smallest absolute Gasteiger partial charge is 0.234 e. The van der Waals surface area contributed by atoms with Gasteiger partial charge in [-0.3, -0.25) is 0 Å². The molecule has 2 heteroatoms. The number of nitrogens with zero attached hydrogens (tertiary/aromatic N) is 2. The predicted octanol–water partition coefficient (Wildman–Crippen LogP) is 13.9. The summed E-state index contributed by atoms with van der Waals surface area (Å²) < 4.78 is 5.27. The molecule has 2 nitrogen and oxygen atoms in total. The van der Waals surface area contributed by atoms with Gasteiger partial charge in [-0.1, -0.05) is 194 Å². The van der Waals surface area contributed by atoms with E-state index in [4.69, 9.17) is 0 Å². The molecule has 0 bridgehead atoms. The van der Waals surface area contributed by atoms with Crippen molar-refractivity contribution < 1.29 is 4.57 Å². The third-order valence-electron chi connectivity index (χ3n) is 9.85. The number of aryl methyl sites for hydroxylation is 2. The van der Waals surface area contributed by atoms with Gasteiger partial charge in [0.25, 0.3) is 5.82 Å². The fourth-order valence-corrected chi connectivity index (χ4v) is 6.86. The second-order valence-electron chi connectivity index (χ2n) is 14.1. The molecular formula is C41H81N2+. The fourth-order valence-electron chi connectivity index (χ4n) is 6.86. The molecule has 0 fully saturated rings. The zero-order valence-electron chi connectivity index (χ0n) is 30.3. The number of imidazole rings is 1. The third-order valence-corrected chi connectivity index (χ3v) is 9.85. The van der Waals surface area contributed by atoms with Crippen molar-refractivity contribution in [3.8, 4) is 0 Å². The normalized spacial score (nSPS) is 11.6. The minimum absolute atomic E-state index is 1.23. The van der Waals surface area contributed by atoms with Crippen LogP contribution in [0.15, 0.2) is 12.4 Å². The van der Waals surface area contributed by atoms with Crippen LogP contribution in [0.3, 0.4) is 0 Å². The standard InChI is InChI=1S/C41H81N2/c1-4-7-10-13-16-19-21-23-25-28-31-34-37-42-39-40-43(41(42)36-33-30-27-18-15-12-9-6-3)38-35-32-29-26-24-22-20-17-14-11-8-5-2/h39-40H,4-38H2,1-3H3/q+1. The third kappa shape index (κ3) is 25.1. The average Bonchev–Trinajstić information content (AvgIpc) is 3.40. The molecule has 0 aliphatic rings. The second kappa shape index (κ2) is 32.6. The van der Waals surface area contributed by atoms with E-state index in [2.05, 4.69) is 42.3 Å². The van der Waals surface area contributed by atoms with Gasteiger partial charge < -0.3 is 0 Å². The lowest BCUT2D eigenvalue weighted by atomic mass is 10.1. The molecule has 0 spiro atoms. The van der Waals surface area contributed by atoms with Crippen molar-refractivity contribution in [1.82, 2.24) is 4.57 Å². The van der Waals surface area contributed by atoms with Gasteiger partial charge in [-0.05, 0) is 32.1 Å². The van der Waals surface area contributed by atoms with Crippen LogP contribution in [0.2, 0.25) is 0 Å². The first-order valence-electron chi connectivity index (χ1n) is 20.4. The van der Waals surface area contributed by atoms with Crippen molar-refractivity contribution in [2.75, 3.05) is 0 Å². The van der Waals surface area contributed by atoms with Crippen molar-refractivity contribution >= 4 is 0 Å². The van der Waals surface area contributed by atoms with E-state index in [9.17, 15) is 0 Å². The number of unbranched alkanes of at least 4 members (excludes halogenated alkanes) is 29. The van der Waals surface area contributed by atoms with Crippen molar-refractivity contribution in [2.45, 2.75) is 246 Å². The highest BCUT2D eigenvalue weighted by atomic mass is 15.1. The molecule has 0 aromatic carbocycles. The largest absolute Gasteiger partial charge is 0.256 e. The van der Waals surface area contributed by atoms with Crippen LogP contribution >= 0.6 is 0 Å². The van der Waals surface area contributed by atoms with Gasteiger partial charge in [0, 0.05) is 6.42 Å². The van der Waals surface area contributed by atoms with Crippen LogP contribution in [0.1, 0.15) is 232 Å². The molecule has 43 heavy (non-hydrogen) atoms. The zero-order chi connectivity index (χ0) is 30.9. The van der Waals surface area contributed by atoms with Crippen LogP contribution in [-0.4, -0.2) is 4.57 Å². The van der Waals surface area contributed by atoms with Gasteiger partial charge in [0.05, 0.1) is 13.1 Å². The fraction of sp³-hybridized carbons (Fsp3) is 0.927. The predicted molar refractivity (Wildman–Crippen MR) is 193 cm³/mol. The highest BCUT2D eigenvalue weighted by Crippen LogP contribution is 2.15. The summed E-state index contributed by atoms with van der Waals surface area (Å²) in [5.41, 5.74) is 0. The van der Waals surface area contributed by atoms with Crippen molar-refractivity contribution in [2.24, 2.45) is 0 Å².